The summed E-state index contributed by atoms with van der Waals surface area (Å²) >= 11 is 0. The highest BCUT2D eigenvalue weighted by Crippen LogP contribution is 2.23. The molecular formula is C12H16N4O2. The van der Waals surface area contributed by atoms with E-state index in [1.165, 1.54) is 0 Å². The second-order valence-electron chi connectivity index (χ2n) is 4.34. The zero-order valence-corrected chi connectivity index (χ0v) is 10.6. The van der Waals surface area contributed by atoms with Gasteiger partial charge in [0.1, 0.15) is 11.5 Å². The Kier molecular flexibility index (Phi) is 3.57. The monoisotopic (exact) mass is 248 g/mol. The largest absolute Gasteiger partial charge is 0.434 e. The minimum absolute atomic E-state index is 0.193. The molecule has 0 saturated carbocycles. The summed E-state index contributed by atoms with van der Waals surface area (Å²) in [6.07, 6.45) is 1.57. The van der Waals surface area contributed by atoms with Crippen LogP contribution in [0.2, 0.25) is 0 Å². The molecule has 0 amide bonds. The Labute approximate surface area is 105 Å². The summed E-state index contributed by atoms with van der Waals surface area (Å²) in [7, 11) is 0. The minimum atomic E-state index is -0.193. The lowest BCUT2D eigenvalue weighted by atomic mass is 10.2. The molecular weight excluding hydrogens is 232 g/mol. The van der Waals surface area contributed by atoms with Crippen LogP contribution in [0.3, 0.4) is 0 Å². The first-order valence-corrected chi connectivity index (χ1v) is 5.76. The number of aliphatic hydroxyl groups is 1. The van der Waals surface area contributed by atoms with Crippen molar-refractivity contribution in [2.75, 3.05) is 0 Å². The highest BCUT2D eigenvalue weighted by atomic mass is 16.5. The van der Waals surface area contributed by atoms with Gasteiger partial charge in [-0.15, -0.1) is 5.10 Å². The van der Waals surface area contributed by atoms with Crippen molar-refractivity contribution in [1.82, 2.24) is 20.2 Å². The van der Waals surface area contributed by atoms with E-state index in [2.05, 4.69) is 20.2 Å². The molecule has 0 aliphatic rings. The fourth-order valence-electron chi connectivity index (χ4n) is 1.46. The number of nitrogens with zero attached hydrogens (tertiary/aromatic N) is 3. The van der Waals surface area contributed by atoms with Crippen molar-refractivity contribution in [2.45, 2.75) is 33.3 Å². The number of ether oxygens (including phenoxy) is 1. The van der Waals surface area contributed by atoms with E-state index in [-0.39, 0.29) is 12.5 Å². The average molecular weight is 248 g/mol. The Morgan fingerprint density at radius 3 is 2.78 bits per heavy atom. The van der Waals surface area contributed by atoms with E-state index >= 15 is 0 Å². The van der Waals surface area contributed by atoms with Crippen LogP contribution in [-0.2, 0) is 6.61 Å². The SMILES string of the molecule is Cc1cc(Oc2cnc(C(C)C)nc2CO)n[nH]1. The molecule has 2 aromatic rings. The van der Waals surface area contributed by atoms with E-state index < -0.39 is 0 Å². The Morgan fingerprint density at radius 2 is 2.22 bits per heavy atom. The normalized spacial score (nSPS) is 10.9. The number of aryl methyl sites for hydroxylation is 1. The average Bonchev–Trinajstić information content (AvgIpc) is 2.75. The van der Waals surface area contributed by atoms with E-state index in [0.717, 1.165) is 5.69 Å². The van der Waals surface area contributed by atoms with Gasteiger partial charge in [-0.1, -0.05) is 13.8 Å². The van der Waals surface area contributed by atoms with Gasteiger partial charge in [0.2, 0.25) is 5.88 Å². The van der Waals surface area contributed by atoms with Crippen molar-refractivity contribution in [1.29, 1.82) is 0 Å². The molecule has 2 heterocycles. The molecule has 0 aromatic carbocycles. The van der Waals surface area contributed by atoms with Gasteiger partial charge in [-0.05, 0) is 6.92 Å². The Hall–Kier alpha value is -1.95. The predicted molar refractivity (Wildman–Crippen MR) is 65.4 cm³/mol. The number of aliphatic hydroxyl groups excluding tert-OH is 1. The molecule has 18 heavy (non-hydrogen) atoms. The molecule has 0 saturated heterocycles. The summed E-state index contributed by atoms with van der Waals surface area (Å²) in [5.74, 6) is 1.75. The summed E-state index contributed by atoms with van der Waals surface area (Å²) < 4.78 is 5.53. The molecule has 6 nitrogen and oxygen atoms in total. The molecule has 2 N–H and O–H groups in total. The zero-order valence-electron chi connectivity index (χ0n) is 10.6. The number of nitrogens with one attached hydrogen (secondary N) is 1. The molecule has 96 valence electrons. The maximum atomic E-state index is 9.31. The lowest BCUT2D eigenvalue weighted by Gasteiger charge is -2.09. The van der Waals surface area contributed by atoms with E-state index in [4.69, 9.17) is 4.74 Å². The van der Waals surface area contributed by atoms with Gasteiger partial charge in [0, 0.05) is 17.7 Å². The van der Waals surface area contributed by atoms with Crippen molar-refractivity contribution in [3.05, 3.63) is 29.5 Å². The van der Waals surface area contributed by atoms with Crippen molar-refractivity contribution in [3.8, 4) is 11.6 Å². The maximum Gasteiger partial charge on any atom is 0.238 e. The van der Waals surface area contributed by atoms with Crippen molar-refractivity contribution in [2.24, 2.45) is 0 Å². The van der Waals surface area contributed by atoms with E-state index in [0.29, 0.717) is 23.1 Å². The molecule has 0 atom stereocenters. The summed E-state index contributed by atoms with van der Waals surface area (Å²) in [4.78, 5) is 8.47. The molecule has 0 radical (unpaired) electrons. The summed E-state index contributed by atoms with van der Waals surface area (Å²) in [5.41, 5.74) is 1.37. The number of hydrogen-bond donors (Lipinski definition) is 2. The molecule has 0 fully saturated rings. The first-order chi connectivity index (χ1) is 8.60. The van der Waals surface area contributed by atoms with Crippen molar-refractivity contribution < 1.29 is 9.84 Å². The molecule has 6 heteroatoms. The number of H-pyrrole nitrogens is 1. The quantitative estimate of drug-likeness (QED) is 0.863. The van der Waals surface area contributed by atoms with Gasteiger partial charge >= 0.3 is 0 Å². The first-order valence-electron chi connectivity index (χ1n) is 5.76. The van der Waals surface area contributed by atoms with Gasteiger partial charge in [0.15, 0.2) is 5.75 Å². The van der Waals surface area contributed by atoms with Crippen LogP contribution in [0.1, 0.15) is 37.0 Å². The van der Waals surface area contributed by atoms with Crippen LogP contribution in [0.5, 0.6) is 11.6 Å². The fraction of sp³-hybridized carbons (Fsp3) is 0.417. The molecule has 0 aliphatic carbocycles. The molecule has 2 rings (SSSR count). The van der Waals surface area contributed by atoms with Gasteiger partial charge in [-0.3, -0.25) is 5.10 Å². The number of hydrogen-bond acceptors (Lipinski definition) is 5. The number of aromatic nitrogens is 4. The second kappa shape index (κ2) is 5.14. The zero-order chi connectivity index (χ0) is 13.1. The fourth-order valence-corrected chi connectivity index (χ4v) is 1.46. The smallest absolute Gasteiger partial charge is 0.238 e. The number of aromatic amines is 1. The second-order valence-corrected chi connectivity index (χ2v) is 4.34. The van der Waals surface area contributed by atoms with Gasteiger partial charge < -0.3 is 9.84 Å². The standard InChI is InChI=1S/C12H16N4O2/c1-7(2)12-13-5-10(9(6-17)14-12)18-11-4-8(3)15-16-11/h4-5,7,17H,6H2,1-3H3,(H,15,16). The summed E-state index contributed by atoms with van der Waals surface area (Å²) in [6.45, 7) is 5.67. The predicted octanol–water partition coefficient (Wildman–Crippen LogP) is 1.92. The van der Waals surface area contributed by atoms with Crippen molar-refractivity contribution in [3.63, 3.8) is 0 Å². The summed E-state index contributed by atoms with van der Waals surface area (Å²) in [6, 6.07) is 1.76. The highest BCUT2D eigenvalue weighted by molar-refractivity contribution is 5.29. The number of rotatable bonds is 4. The van der Waals surface area contributed by atoms with Crippen LogP contribution >= 0.6 is 0 Å². The molecule has 0 spiro atoms. The lowest BCUT2D eigenvalue weighted by Crippen LogP contribution is -2.03. The van der Waals surface area contributed by atoms with Gasteiger partial charge in [0.25, 0.3) is 0 Å². The van der Waals surface area contributed by atoms with Gasteiger partial charge in [-0.25, -0.2) is 9.97 Å². The van der Waals surface area contributed by atoms with Crippen LogP contribution in [0.25, 0.3) is 0 Å². The van der Waals surface area contributed by atoms with Crippen LogP contribution in [0.4, 0.5) is 0 Å². The van der Waals surface area contributed by atoms with Crippen LogP contribution in [0, 0.1) is 6.92 Å². The first kappa shape index (κ1) is 12.5. The van der Waals surface area contributed by atoms with E-state index in [9.17, 15) is 5.11 Å². The van der Waals surface area contributed by atoms with Crippen LogP contribution in [0.15, 0.2) is 12.3 Å². The highest BCUT2D eigenvalue weighted by Gasteiger charge is 2.11. The van der Waals surface area contributed by atoms with Crippen LogP contribution in [-0.4, -0.2) is 25.3 Å². The maximum absolute atomic E-state index is 9.31. The third-order valence-corrected chi connectivity index (χ3v) is 2.41. The Bertz CT molecular complexity index is 537. The van der Waals surface area contributed by atoms with Gasteiger partial charge in [-0.2, -0.15) is 0 Å². The molecule has 0 aliphatic heterocycles. The van der Waals surface area contributed by atoms with Crippen molar-refractivity contribution >= 4 is 0 Å². The third-order valence-electron chi connectivity index (χ3n) is 2.41. The Morgan fingerprint density at radius 1 is 1.44 bits per heavy atom. The van der Waals surface area contributed by atoms with E-state index in [1.54, 1.807) is 12.3 Å². The third kappa shape index (κ3) is 2.65. The molecule has 0 unspecified atom stereocenters. The van der Waals surface area contributed by atoms with Gasteiger partial charge in [0.05, 0.1) is 12.8 Å². The lowest BCUT2D eigenvalue weighted by molar-refractivity contribution is 0.269. The topological polar surface area (TPSA) is 83.9 Å². The van der Waals surface area contributed by atoms with E-state index in [1.807, 2.05) is 20.8 Å². The molecule has 2 aromatic heterocycles. The minimum Gasteiger partial charge on any atom is -0.434 e. The Balaban J connectivity index is 2.27. The van der Waals surface area contributed by atoms with Crippen LogP contribution < -0.4 is 4.74 Å². The summed E-state index contributed by atoms with van der Waals surface area (Å²) in [5, 5.41) is 16.0. The molecule has 0 bridgehead atoms.